The van der Waals surface area contributed by atoms with Gasteiger partial charge in [-0.25, -0.2) is 13.5 Å². The van der Waals surface area contributed by atoms with E-state index in [1.54, 1.807) is 18.3 Å². The first-order chi connectivity index (χ1) is 13.4. The Labute approximate surface area is 162 Å². The van der Waals surface area contributed by atoms with Gasteiger partial charge in [0, 0.05) is 37.1 Å². The van der Waals surface area contributed by atoms with E-state index < -0.39 is 12.5 Å². The molecule has 0 radical (unpaired) electrons. The second-order valence-electron chi connectivity index (χ2n) is 7.77. The van der Waals surface area contributed by atoms with Gasteiger partial charge in [-0.3, -0.25) is 9.78 Å². The van der Waals surface area contributed by atoms with Gasteiger partial charge in [0.2, 0.25) is 0 Å². The van der Waals surface area contributed by atoms with Crippen LogP contribution in [0.4, 0.5) is 14.6 Å². The van der Waals surface area contributed by atoms with E-state index in [1.807, 2.05) is 24.8 Å². The van der Waals surface area contributed by atoms with Crippen molar-refractivity contribution >= 4 is 11.7 Å². The maximum absolute atomic E-state index is 13.6. The number of aromatic nitrogens is 3. The quantitative estimate of drug-likeness (QED) is 0.874. The van der Waals surface area contributed by atoms with Gasteiger partial charge in [-0.1, -0.05) is 0 Å². The molecule has 0 bridgehead atoms. The van der Waals surface area contributed by atoms with Crippen molar-refractivity contribution in [2.75, 3.05) is 18.4 Å². The van der Waals surface area contributed by atoms with Crippen LogP contribution >= 0.6 is 0 Å². The summed E-state index contributed by atoms with van der Waals surface area (Å²) >= 11 is 0. The summed E-state index contributed by atoms with van der Waals surface area (Å²) in [6, 6.07) is 4.48. The molecule has 1 fully saturated rings. The van der Waals surface area contributed by atoms with Crippen molar-refractivity contribution in [3.05, 3.63) is 41.3 Å². The van der Waals surface area contributed by atoms with E-state index >= 15 is 0 Å². The van der Waals surface area contributed by atoms with Crippen molar-refractivity contribution in [1.29, 1.82) is 0 Å². The summed E-state index contributed by atoms with van der Waals surface area (Å²) in [6.07, 6.45) is 1.18. The monoisotopic (exact) mass is 389 g/mol. The third kappa shape index (κ3) is 3.47. The molecule has 0 aromatic carbocycles. The lowest BCUT2D eigenvalue weighted by Crippen LogP contribution is -2.46. The Morgan fingerprint density at radius 3 is 2.71 bits per heavy atom. The number of aryl methyl sites for hydroxylation is 2. The molecule has 1 saturated heterocycles. The van der Waals surface area contributed by atoms with Crippen LogP contribution in [0.5, 0.6) is 0 Å². The molecule has 150 valence electrons. The molecule has 4 rings (SSSR count). The molecule has 0 unspecified atom stereocenters. The lowest BCUT2D eigenvalue weighted by Gasteiger charge is -2.40. The Balaban J connectivity index is 1.43. The first kappa shape index (κ1) is 18.8. The number of hydrogen-bond acceptors (Lipinski definition) is 4. The van der Waals surface area contributed by atoms with Crippen molar-refractivity contribution in [1.82, 2.24) is 19.7 Å². The standard InChI is InChI=1S/C20H25F2N5O/c1-12-10-18-24-16(11-17(19(21)22)27(18)25-12)14-5-8-26(9-6-14)20(28)15-4-3-7-23-13(15)2/h3-4,7,10,14,16-17,19,24H,5-6,8-9,11H2,1-2H3/t16-,17+/m0/s1. The average Bonchev–Trinajstić information content (AvgIpc) is 3.07. The molecule has 1 amide bonds. The van der Waals surface area contributed by atoms with Crippen LogP contribution in [0.15, 0.2) is 24.4 Å². The predicted molar refractivity (Wildman–Crippen MR) is 102 cm³/mol. The Hall–Kier alpha value is -2.51. The minimum Gasteiger partial charge on any atom is -0.367 e. The number of carbonyl (C=O) groups is 1. The van der Waals surface area contributed by atoms with Gasteiger partial charge in [0.15, 0.2) is 0 Å². The van der Waals surface area contributed by atoms with Crippen LogP contribution < -0.4 is 5.32 Å². The Kier molecular flexibility index (Phi) is 5.03. The summed E-state index contributed by atoms with van der Waals surface area (Å²) in [7, 11) is 0. The normalized spacial score (nSPS) is 22.8. The molecule has 8 heteroatoms. The van der Waals surface area contributed by atoms with Gasteiger partial charge in [0.25, 0.3) is 12.3 Å². The highest BCUT2D eigenvalue weighted by Crippen LogP contribution is 2.37. The Bertz CT molecular complexity index is 860. The molecule has 6 nitrogen and oxygen atoms in total. The molecule has 2 aliphatic rings. The molecule has 2 aliphatic heterocycles. The van der Waals surface area contributed by atoms with Crippen LogP contribution in [-0.2, 0) is 0 Å². The summed E-state index contributed by atoms with van der Waals surface area (Å²) in [6.45, 7) is 4.91. The first-order valence-corrected chi connectivity index (χ1v) is 9.75. The third-order valence-electron chi connectivity index (χ3n) is 5.92. The molecule has 0 spiro atoms. The number of amides is 1. The second kappa shape index (κ2) is 7.48. The summed E-state index contributed by atoms with van der Waals surface area (Å²) in [5.41, 5.74) is 2.10. The molecule has 2 aromatic rings. The maximum Gasteiger partial charge on any atom is 0.260 e. The number of fused-ring (bicyclic) bond motifs is 1. The fraction of sp³-hybridized carbons (Fsp3) is 0.550. The minimum absolute atomic E-state index is 0.000175. The van der Waals surface area contributed by atoms with E-state index in [9.17, 15) is 13.6 Å². The number of rotatable bonds is 3. The lowest BCUT2D eigenvalue weighted by atomic mass is 9.84. The summed E-state index contributed by atoms with van der Waals surface area (Å²) in [5, 5.41) is 7.64. The Morgan fingerprint density at radius 2 is 2.04 bits per heavy atom. The summed E-state index contributed by atoms with van der Waals surface area (Å²) < 4.78 is 28.6. The molecular weight excluding hydrogens is 364 g/mol. The summed E-state index contributed by atoms with van der Waals surface area (Å²) in [4.78, 5) is 18.8. The number of halogens is 2. The van der Waals surface area contributed by atoms with Gasteiger partial charge in [0.05, 0.1) is 11.3 Å². The number of hydrogen-bond donors (Lipinski definition) is 1. The lowest BCUT2D eigenvalue weighted by molar-refractivity contribution is 0.0538. The van der Waals surface area contributed by atoms with E-state index in [0.717, 1.165) is 24.2 Å². The fourth-order valence-corrected chi connectivity index (χ4v) is 4.39. The van der Waals surface area contributed by atoms with E-state index in [-0.39, 0.29) is 17.9 Å². The van der Waals surface area contributed by atoms with Crippen molar-refractivity contribution in [3.8, 4) is 0 Å². The molecule has 0 aliphatic carbocycles. The third-order valence-corrected chi connectivity index (χ3v) is 5.92. The van der Waals surface area contributed by atoms with E-state index in [4.69, 9.17) is 0 Å². The van der Waals surface area contributed by atoms with Gasteiger partial charge in [0.1, 0.15) is 11.9 Å². The van der Waals surface area contributed by atoms with Crippen LogP contribution in [0.2, 0.25) is 0 Å². The van der Waals surface area contributed by atoms with Crippen LogP contribution in [-0.4, -0.2) is 51.1 Å². The largest absolute Gasteiger partial charge is 0.367 e. The molecule has 2 aromatic heterocycles. The van der Waals surface area contributed by atoms with Gasteiger partial charge >= 0.3 is 0 Å². The molecule has 2 atom stereocenters. The topological polar surface area (TPSA) is 63.1 Å². The first-order valence-electron chi connectivity index (χ1n) is 9.75. The van der Waals surface area contributed by atoms with Gasteiger partial charge in [-0.05, 0) is 51.2 Å². The zero-order valence-corrected chi connectivity index (χ0v) is 16.1. The van der Waals surface area contributed by atoms with Crippen LogP contribution in [0.1, 0.15) is 47.1 Å². The number of likely N-dealkylation sites (tertiary alicyclic amines) is 1. The predicted octanol–water partition coefficient (Wildman–Crippen LogP) is 3.44. The zero-order valence-electron chi connectivity index (χ0n) is 16.1. The van der Waals surface area contributed by atoms with Crippen molar-refractivity contribution in [2.45, 2.75) is 51.6 Å². The zero-order chi connectivity index (χ0) is 19.8. The highest BCUT2D eigenvalue weighted by molar-refractivity contribution is 5.95. The van der Waals surface area contributed by atoms with E-state index in [2.05, 4.69) is 15.4 Å². The molecular formula is C20H25F2N5O. The van der Waals surface area contributed by atoms with Gasteiger partial charge in [-0.2, -0.15) is 5.10 Å². The van der Waals surface area contributed by atoms with E-state index in [1.165, 1.54) is 4.68 Å². The molecule has 4 heterocycles. The number of pyridine rings is 1. The highest BCUT2D eigenvalue weighted by atomic mass is 19.3. The second-order valence-corrected chi connectivity index (χ2v) is 7.77. The van der Waals surface area contributed by atoms with Crippen molar-refractivity contribution in [2.24, 2.45) is 5.92 Å². The summed E-state index contributed by atoms with van der Waals surface area (Å²) in [5.74, 6) is 0.924. The average molecular weight is 389 g/mol. The van der Waals surface area contributed by atoms with E-state index in [0.29, 0.717) is 30.9 Å². The fourth-order valence-electron chi connectivity index (χ4n) is 4.39. The number of nitrogens with zero attached hydrogens (tertiary/aromatic N) is 4. The smallest absolute Gasteiger partial charge is 0.260 e. The molecule has 0 saturated carbocycles. The minimum atomic E-state index is -2.45. The number of alkyl halides is 2. The van der Waals surface area contributed by atoms with Crippen LogP contribution in [0.3, 0.4) is 0 Å². The van der Waals surface area contributed by atoms with Crippen molar-refractivity contribution < 1.29 is 13.6 Å². The highest BCUT2D eigenvalue weighted by Gasteiger charge is 2.38. The number of piperidine rings is 1. The number of anilines is 1. The van der Waals surface area contributed by atoms with Crippen molar-refractivity contribution in [3.63, 3.8) is 0 Å². The SMILES string of the molecule is Cc1cc2n(n1)[C@@H](C(F)F)C[C@@H](C1CCN(C(=O)c3cccnc3C)CC1)N2. The maximum atomic E-state index is 13.6. The number of nitrogens with one attached hydrogen (secondary N) is 1. The van der Waals surface area contributed by atoms with Gasteiger partial charge in [-0.15, -0.1) is 0 Å². The van der Waals surface area contributed by atoms with Crippen LogP contribution in [0, 0.1) is 19.8 Å². The number of carbonyl (C=O) groups excluding carboxylic acids is 1. The van der Waals surface area contributed by atoms with Crippen LogP contribution in [0.25, 0.3) is 0 Å². The Morgan fingerprint density at radius 1 is 1.29 bits per heavy atom. The van der Waals surface area contributed by atoms with Gasteiger partial charge < -0.3 is 10.2 Å². The molecule has 1 N–H and O–H groups in total. The molecule has 28 heavy (non-hydrogen) atoms.